The first-order chi connectivity index (χ1) is 12.7. The second-order valence-electron chi connectivity index (χ2n) is 6.17. The predicted molar refractivity (Wildman–Crippen MR) is 95.6 cm³/mol. The van der Waals surface area contributed by atoms with Crippen molar-refractivity contribution in [2.24, 2.45) is 0 Å². The van der Waals surface area contributed by atoms with Gasteiger partial charge in [-0.15, -0.1) is 0 Å². The quantitative estimate of drug-likeness (QED) is 0.730. The molecule has 3 aromatic rings. The molecule has 1 unspecified atom stereocenters. The van der Waals surface area contributed by atoms with Gasteiger partial charge in [0.15, 0.2) is 0 Å². The fourth-order valence-electron chi connectivity index (χ4n) is 3.08. The molecule has 1 saturated heterocycles. The standard InChI is InChI=1S/C20H16N4O2/c21-11-14-4-3-5-15(10-14)20(25)24-9-8-16(13-24)26-19-12-22-17-6-1-2-7-18(17)23-19/h1-7,10,12,16H,8-9,13H2. The van der Waals surface area contributed by atoms with E-state index in [0.717, 1.165) is 17.5 Å². The minimum atomic E-state index is -0.117. The molecule has 0 N–H and O–H groups in total. The normalized spacial score (nSPS) is 16.4. The summed E-state index contributed by atoms with van der Waals surface area (Å²) in [7, 11) is 0. The number of nitrogens with zero attached hydrogens (tertiary/aromatic N) is 4. The molecule has 2 heterocycles. The average Bonchev–Trinajstić information content (AvgIpc) is 3.15. The maximum atomic E-state index is 12.6. The zero-order valence-corrected chi connectivity index (χ0v) is 14.0. The molecular weight excluding hydrogens is 328 g/mol. The molecule has 1 aromatic heterocycles. The van der Waals surface area contributed by atoms with Crippen LogP contribution in [0, 0.1) is 11.3 Å². The first-order valence-corrected chi connectivity index (χ1v) is 8.41. The smallest absolute Gasteiger partial charge is 0.254 e. The third kappa shape index (κ3) is 3.20. The first-order valence-electron chi connectivity index (χ1n) is 8.41. The van der Waals surface area contributed by atoms with Gasteiger partial charge in [0.1, 0.15) is 6.10 Å². The van der Waals surface area contributed by atoms with Gasteiger partial charge < -0.3 is 9.64 Å². The number of fused-ring (bicyclic) bond motifs is 1. The monoisotopic (exact) mass is 344 g/mol. The summed E-state index contributed by atoms with van der Waals surface area (Å²) in [6.07, 6.45) is 2.23. The number of para-hydroxylation sites is 2. The molecular formula is C20H16N4O2. The Morgan fingerprint density at radius 2 is 2.04 bits per heavy atom. The van der Waals surface area contributed by atoms with Crippen molar-refractivity contribution in [3.05, 3.63) is 65.9 Å². The Hall–Kier alpha value is -3.46. The zero-order chi connectivity index (χ0) is 17.9. The molecule has 1 fully saturated rings. The highest BCUT2D eigenvalue weighted by Crippen LogP contribution is 2.20. The topological polar surface area (TPSA) is 79.1 Å². The molecule has 0 spiro atoms. The number of aromatic nitrogens is 2. The molecule has 1 amide bonds. The SMILES string of the molecule is N#Cc1cccc(C(=O)N2CCC(Oc3cnc4ccccc4n3)C2)c1. The van der Waals surface area contributed by atoms with Gasteiger partial charge in [0, 0.05) is 18.5 Å². The van der Waals surface area contributed by atoms with Crippen molar-refractivity contribution in [2.75, 3.05) is 13.1 Å². The van der Waals surface area contributed by atoms with Gasteiger partial charge in [0.25, 0.3) is 5.91 Å². The van der Waals surface area contributed by atoms with Crippen LogP contribution >= 0.6 is 0 Å². The number of hydrogen-bond acceptors (Lipinski definition) is 5. The summed E-state index contributed by atoms with van der Waals surface area (Å²) in [4.78, 5) is 23.2. The second kappa shape index (κ2) is 6.81. The lowest BCUT2D eigenvalue weighted by Crippen LogP contribution is -2.31. The number of hydrogen-bond donors (Lipinski definition) is 0. The van der Waals surface area contributed by atoms with Crippen LogP contribution in [-0.4, -0.2) is 40.0 Å². The maximum absolute atomic E-state index is 12.6. The number of rotatable bonds is 3. The Morgan fingerprint density at radius 1 is 1.19 bits per heavy atom. The largest absolute Gasteiger partial charge is 0.471 e. The summed E-state index contributed by atoms with van der Waals surface area (Å²) in [5, 5.41) is 8.98. The van der Waals surface area contributed by atoms with Gasteiger partial charge in [-0.2, -0.15) is 5.26 Å². The van der Waals surface area contributed by atoms with Gasteiger partial charge >= 0.3 is 0 Å². The lowest BCUT2D eigenvalue weighted by atomic mass is 10.1. The van der Waals surface area contributed by atoms with E-state index < -0.39 is 0 Å². The molecule has 4 rings (SSSR count). The molecule has 1 aliphatic heterocycles. The lowest BCUT2D eigenvalue weighted by molar-refractivity contribution is 0.0771. The van der Waals surface area contributed by atoms with Crippen LogP contribution in [0.2, 0.25) is 0 Å². The number of carbonyl (C=O) groups is 1. The Labute approximate surface area is 150 Å². The van der Waals surface area contributed by atoms with Crippen molar-refractivity contribution in [3.63, 3.8) is 0 Å². The highest BCUT2D eigenvalue weighted by Gasteiger charge is 2.28. The Balaban J connectivity index is 1.44. The Bertz CT molecular complexity index is 1010. The van der Waals surface area contributed by atoms with Crippen LogP contribution in [0.3, 0.4) is 0 Å². The van der Waals surface area contributed by atoms with Gasteiger partial charge in [-0.25, -0.2) is 9.97 Å². The van der Waals surface area contributed by atoms with Gasteiger partial charge in [-0.05, 0) is 30.3 Å². The van der Waals surface area contributed by atoms with E-state index in [2.05, 4.69) is 16.0 Å². The van der Waals surface area contributed by atoms with Crippen LogP contribution in [0.1, 0.15) is 22.3 Å². The van der Waals surface area contributed by atoms with Crippen LogP contribution in [0.5, 0.6) is 5.88 Å². The second-order valence-corrected chi connectivity index (χ2v) is 6.17. The van der Waals surface area contributed by atoms with Gasteiger partial charge in [-0.3, -0.25) is 4.79 Å². The first kappa shape index (κ1) is 16.0. The third-order valence-corrected chi connectivity index (χ3v) is 4.38. The summed E-state index contributed by atoms with van der Waals surface area (Å²) in [6.45, 7) is 1.10. The lowest BCUT2D eigenvalue weighted by Gasteiger charge is -2.17. The van der Waals surface area contributed by atoms with E-state index in [9.17, 15) is 4.79 Å². The zero-order valence-electron chi connectivity index (χ0n) is 14.0. The summed E-state index contributed by atoms with van der Waals surface area (Å²) in [5.74, 6) is 0.382. The number of benzene rings is 2. The number of amides is 1. The van der Waals surface area contributed by atoms with Crippen LogP contribution in [0.25, 0.3) is 11.0 Å². The average molecular weight is 344 g/mol. The fourth-order valence-corrected chi connectivity index (χ4v) is 3.08. The van der Waals surface area contributed by atoms with Crippen molar-refractivity contribution in [1.29, 1.82) is 5.26 Å². The van der Waals surface area contributed by atoms with E-state index in [0.29, 0.717) is 30.1 Å². The number of likely N-dealkylation sites (tertiary alicyclic amines) is 1. The van der Waals surface area contributed by atoms with Crippen LogP contribution in [-0.2, 0) is 0 Å². The van der Waals surface area contributed by atoms with E-state index in [1.165, 1.54) is 0 Å². The highest BCUT2D eigenvalue weighted by atomic mass is 16.5. The van der Waals surface area contributed by atoms with E-state index in [-0.39, 0.29) is 12.0 Å². The predicted octanol–water partition coefficient (Wildman–Crippen LogP) is 2.79. The molecule has 6 heteroatoms. The molecule has 0 bridgehead atoms. The molecule has 1 atom stereocenters. The van der Waals surface area contributed by atoms with E-state index in [4.69, 9.17) is 10.00 Å². The number of carbonyl (C=O) groups excluding carboxylic acids is 1. The summed E-state index contributed by atoms with van der Waals surface area (Å²) in [5.41, 5.74) is 2.61. The van der Waals surface area contributed by atoms with Crippen LogP contribution < -0.4 is 4.74 Å². The molecule has 0 aliphatic carbocycles. The molecule has 6 nitrogen and oxygen atoms in total. The van der Waals surface area contributed by atoms with E-state index in [1.807, 2.05) is 24.3 Å². The highest BCUT2D eigenvalue weighted by molar-refractivity contribution is 5.94. The summed E-state index contributed by atoms with van der Waals surface area (Å²) < 4.78 is 5.92. The van der Waals surface area contributed by atoms with Gasteiger partial charge in [-0.1, -0.05) is 18.2 Å². The summed E-state index contributed by atoms with van der Waals surface area (Å²) >= 11 is 0. The molecule has 2 aromatic carbocycles. The van der Waals surface area contributed by atoms with Crippen molar-refractivity contribution >= 4 is 16.9 Å². The molecule has 1 aliphatic rings. The van der Waals surface area contributed by atoms with Crippen molar-refractivity contribution < 1.29 is 9.53 Å². The number of nitriles is 1. The van der Waals surface area contributed by atoms with Crippen molar-refractivity contribution in [2.45, 2.75) is 12.5 Å². The summed E-state index contributed by atoms with van der Waals surface area (Å²) in [6, 6.07) is 16.4. The van der Waals surface area contributed by atoms with E-state index >= 15 is 0 Å². The van der Waals surface area contributed by atoms with E-state index in [1.54, 1.807) is 35.4 Å². The maximum Gasteiger partial charge on any atom is 0.254 e. The fraction of sp³-hybridized carbons (Fsp3) is 0.200. The van der Waals surface area contributed by atoms with Crippen LogP contribution in [0.4, 0.5) is 0 Å². The Morgan fingerprint density at radius 3 is 2.88 bits per heavy atom. The molecule has 0 saturated carbocycles. The van der Waals surface area contributed by atoms with Crippen LogP contribution in [0.15, 0.2) is 54.7 Å². The van der Waals surface area contributed by atoms with Gasteiger partial charge in [0.2, 0.25) is 5.88 Å². The Kier molecular flexibility index (Phi) is 4.20. The third-order valence-electron chi connectivity index (χ3n) is 4.38. The van der Waals surface area contributed by atoms with Crippen molar-refractivity contribution in [1.82, 2.24) is 14.9 Å². The number of ether oxygens (including phenoxy) is 1. The minimum absolute atomic E-state index is 0.0854. The molecule has 128 valence electrons. The minimum Gasteiger partial charge on any atom is -0.471 e. The van der Waals surface area contributed by atoms with Gasteiger partial charge in [0.05, 0.1) is 35.4 Å². The molecule has 0 radical (unpaired) electrons. The van der Waals surface area contributed by atoms with Crippen molar-refractivity contribution in [3.8, 4) is 11.9 Å². The molecule has 26 heavy (non-hydrogen) atoms.